The van der Waals surface area contributed by atoms with Gasteiger partial charge in [-0.25, -0.2) is 4.98 Å². The van der Waals surface area contributed by atoms with Gasteiger partial charge in [0.15, 0.2) is 0 Å². The number of thiophene rings is 1. The van der Waals surface area contributed by atoms with Crippen LogP contribution in [0.5, 0.6) is 0 Å². The largest absolute Gasteiger partial charge is 0.371 e. The summed E-state index contributed by atoms with van der Waals surface area (Å²) in [5, 5.41) is 14.6. The highest BCUT2D eigenvalue weighted by Crippen LogP contribution is 2.36. The molecule has 0 bridgehead atoms. The Bertz CT molecular complexity index is 757. The molecule has 0 radical (unpaired) electrons. The van der Waals surface area contributed by atoms with Gasteiger partial charge in [0.1, 0.15) is 17.6 Å². The maximum absolute atomic E-state index is 8.99. The summed E-state index contributed by atoms with van der Waals surface area (Å²) >= 11 is 1.82. The summed E-state index contributed by atoms with van der Waals surface area (Å²) in [7, 11) is 0. The first-order valence-electron chi connectivity index (χ1n) is 8.77. The predicted molar refractivity (Wildman–Crippen MR) is 98.5 cm³/mol. The molecule has 2 saturated heterocycles. The van der Waals surface area contributed by atoms with Crippen LogP contribution in [-0.4, -0.2) is 41.2 Å². The van der Waals surface area contributed by atoms with Crippen molar-refractivity contribution in [1.82, 2.24) is 9.88 Å². The molecule has 1 spiro atoms. The van der Waals surface area contributed by atoms with E-state index in [9.17, 15) is 0 Å². The number of hydrogen-bond donors (Lipinski definition) is 1. The van der Waals surface area contributed by atoms with Gasteiger partial charge in [0.05, 0.1) is 18.2 Å². The highest BCUT2D eigenvalue weighted by atomic mass is 32.1. The number of nitrogens with one attached hydrogen (secondary N) is 1. The number of rotatable bonds is 4. The minimum absolute atomic E-state index is 0.0417. The summed E-state index contributed by atoms with van der Waals surface area (Å²) in [6.07, 6.45) is 3.30. The highest BCUT2D eigenvalue weighted by molar-refractivity contribution is 7.09. The number of hydrogen-bond acceptors (Lipinski definition) is 6. The summed E-state index contributed by atoms with van der Waals surface area (Å²) in [5.41, 5.74) is 0.401. The Morgan fingerprint density at radius 3 is 3.20 bits per heavy atom. The van der Waals surface area contributed by atoms with Gasteiger partial charge in [-0.3, -0.25) is 4.90 Å². The molecular formula is C19H22N4OS. The molecule has 2 aromatic rings. The van der Waals surface area contributed by atoms with Gasteiger partial charge in [-0.1, -0.05) is 12.1 Å². The lowest BCUT2D eigenvalue weighted by molar-refractivity contribution is -0.0531. The van der Waals surface area contributed by atoms with Crippen molar-refractivity contribution in [2.24, 2.45) is 0 Å². The molecular weight excluding hydrogens is 332 g/mol. The normalized spacial score (nSPS) is 26.6. The first-order valence-corrected chi connectivity index (χ1v) is 9.65. The number of nitriles is 1. The third kappa shape index (κ3) is 3.84. The quantitative estimate of drug-likeness (QED) is 0.913. The van der Waals surface area contributed by atoms with E-state index in [1.165, 1.54) is 11.3 Å². The maximum Gasteiger partial charge on any atom is 0.142 e. The number of nitrogens with zero attached hydrogens (tertiary/aromatic N) is 3. The standard InChI is InChI=1S/C19H22N4OS/c20-11-15-4-1-6-18(21-15)22-16-10-19(24-13-16)7-3-8-23(14-19)12-17-5-2-9-25-17/h1-2,4-6,9,16H,3,7-8,10,12-14H2,(H,21,22). The van der Waals surface area contributed by atoms with E-state index in [1.54, 1.807) is 6.07 Å². The van der Waals surface area contributed by atoms with E-state index in [1.807, 2.05) is 23.5 Å². The minimum Gasteiger partial charge on any atom is -0.371 e. The predicted octanol–water partition coefficient (Wildman–Crippen LogP) is 3.25. The lowest BCUT2D eigenvalue weighted by Crippen LogP contribution is -2.47. The molecule has 0 amide bonds. The Balaban J connectivity index is 1.38. The molecule has 2 aromatic heterocycles. The van der Waals surface area contributed by atoms with Crippen LogP contribution in [0.2, 0.25) is 0 Å². The van der Waals surface area contributed by atoms with Crippen molar-refractivity contribution in [3.63, 3.8) is 0 Å². The molecule has 2 atom stereocenters. The van der Waals surface area contributed by atoms with Gasteiger partial charge in [-0.2, -0.15) is 5.26 Å². The topological polar surface area (TPSA) is 61.2 Å². The van der Waals surface area contributed by atoms with Crippen LogP contribution in [0.15, 0.2) is 35.7 Å². The second kappa shape index (κ2) is 7.12. The third-order valence-corrected chi connectivity index (χ3v) is 5.86. The molecule has 4 rings (SSSR count). The van der Waals surface area contributed by atoms with Gasteiger partial charge in [0, 0.05) is 24.4 Å². The van der Waals surface area contributed by atoms with Gasteiger partial charge in [0.25, 0.3) is 0 Å². The molecule has 6 heteroatoms. The van der Waals surface area contributed by atoms with Crippen LogP contribution in [0.1, 0.15) is 29.8 Å². The zero-order valence-corrected chi connectivity index (χ0v) is 15.0. The highest BCUT2D eigenvalue weighted by Gasteiger charge is 2.43. The Hall–Kier alpha value is -1.94. The first-order chi connectivity index (χ1) is 12.2. The average Bonchev–Trinajstić information content (AvgIpc) is 3.26. The summed E-state index contributed by atoms with van der Waals surface area (Å²) < 4.78 is 6.28. The fraction of sp³-hybridized carbons (Fsp3) is 0.474. The Kier molecular flexibility index (Phi) is 4.71. The maximum atomic E-state index is 8.99. The van der Waals surface area contributed by atoms with E-state index in [0.717, 1.165) is 38.3 Å². The van der Waals surface area contributed by atoms with Crippen molar-refractivity contribution < 1.29 is 4.74 Å². The molecule has 4 heterocycles. The van der Waals surface area contributed by atoms with Crippen molar-refractivity contribution in [2.45, 2.75) is 37.5 Å². The van der Waals surface area contributed by atoms with E-state index in [0.29, 0.717) is 12.3 Å². The van der Waals surface area contributed by atoms with Crippen molar-refractivity contribution in [3.05, 3.63) is 46.3 Å². The van der Waals surface area contributed by atoms with E-state index < -0.39 is 0 Å². The number of anilines is 1. The molecule has 2 unspecified atom stereocenters. The fourth-order valence-corrected chi connectivity index (χ4v) is 4.70. The number of piperidine rings is 1. The summed E-state index contributed by atoms with van der Waals surface area (Å²) in [6.45, 7) is 3.86. The van der Waals surface area contributed by atoms with E-state index >= 15 is 0 Å². The zero-order chi connectivity index (χ0) is 17.1. The average molecular weight is 354 g/mol. The fourth-order valence-electron chi connectivity index (χ4n) is 3.96. The van der Waals surface area contributed by atoms with Crippen LogP contribution in [0.4, 0.5) is 5.82 Å². The van der Waals surface area contributed by atoms with Gasteiger partial charge < -0.3 is 10.1 Å². The summed E-state index contributed by atoms with van der Waals surface area (Å²) in [6, 6.07) is 12.2. The molecule has 0 saturated carbocycles. The van der Waals surface area contributed by atoms with Crippen molar-refractivity contribution >= 4 is 17.2 Å². The van der Waals surface area contributed by atoms with Gasteiger partial charge in [0.2, 0.25) is 0 Å². The summed E-state index contributed by atoms with van der Waals surface area (Å²) in [5.74, 6) is 0.760. The molecule has 1 N–H and O–H groups in total. The second-order valence-electron chi connectivity index (χ2n) is 6.95. The third-order valence-electron chi connectivity index (χ3n) is 5.00. The van der Waals surface area contributed by atoms with Crippen LogP contribution in [-0.2, 0) is 11.3 Å². The molecule has 0 aromatic carbocycles. The van der Waals surface area contributed by atoms with Crippen LogP contribution in [0.3, 0.4) is 0 Å². The number of pyridine rings is 1. The molecule has 5 nitrogen and oxygen atoms in total. The van der Waals surface area contributed by atoms with E-state index in [-0.39, 0.29) is 11.6 Å². The van der Waals surface area contributed by atoms with Crippen LogP contribution < -0.4 is 5.32 Å². The SMILES string of the molecule is N#Cc1cccc(NC2COC3(CCCN(Cc4cccs4)C3)C2)n1. The first kappa shape index (κ1) is 16.5. The number of ether oxygens (including phenoxy) is 1. The molecule has 0 aliphatic carbocycles. The lowest BCUT2D eigenvalue weighted by Gasteiger charge is -2.39. The van der Waals surface area contributed by atoms with Crippen LogP contribution in [0, 0.1) is 11.3 Å². The van der Waals surface area contributed by atoms with Crippen LogP contribution >= 0.6 is 11.3 Å². The molecule has 2 fully saturated rings. The Labute approximate surface area is 152 Å². The number of aromatic nitrogens is 1. The Morgan fingerprint density at radius 2 is 2.36 bits per heavy atom. The van der Waals surface area contributed by atoms with Gasteiger partial charge >= 0.3 is 0 Å². The number of likely N-dealkylation sites (tertiary alicyclic amines) is 1. The molecule has 130 valence electrons. The van der Waals surface area contributed by atoms with E-state index in [2.05, 4.69) is 38.8 Å². The summed E-state index contributed by atoms with van der Waals surface area (Å²) in [4.78, 5) is 8.26. The molecule has 2 aliphatic rings. The zero-order valence-electron chi connectivity index (χ0n) is 14.1. The van der Waals surface area contributed by atoms with Gasteiger partial charge in [-0.05, 0) is 43.0 Å². The van der Waals surface area contributed by atoms with Crippen molar-refractivity contribution in [2.75, 3.05) is 25.0 Å². The van der Waals surface area contributed by atoms with Crippen LogP contribution in [0.25, 0.3) is 0 Å². The van der Waals surface area contributed by atoms with Crippen molar-refractivity contribution in [3.8, 4) is 6.07 Å². The van der Waals surface area contributed by atoms with Crippen molar-refractivity contribution in [1.29, 1.82) is 5.26 Å². The molecule has 25 heavy (non-hydrogen) atoms. The van der Waals surface area contributed by atoms with E-state index in [4.69, 9.17) is 10.00 Å². The van der Waals surface area contributed by atoms with Gasteiger partial charge in [-0.15, -0.1) is 11.3 Å². The second-order valence-corrected chi connectivity index (χ2v) is 7.99. The minimum atomic E-state index is -0.0417. The molecule has 2 aliphatic heterocycles. The smallest absolute Gasteiger partial charge is 0.142 e. The monoisotopic (exact) mass is 354 g/mol. The lowest BCUT2D eigenvalue weighted by atomic mass is 9.88. The Morgan fingerprint density at radius 1 is 1.40 bits per heavy atom.